The maximum atomic E-state index is 4.54. The molecule has 0 N–H and O–H groups in total. The van der Waals surface area contributed by atoms with Gasteiger partial charge in [-0.15, -0.1) is 0 Å². The van der Waals surface area contributed by atoms with Gasteiger partial charge in [0.25, 0.3) is 0 Å². The Labute approximate surface area is 119 Å². The van der Waals surface area contributed by atoms with E-state index in [1.807, 2.05) is 6.20 Å². The Hall–Kier alpha value is -2.15. The van der Waals surface area contributed by atoms with Gasteiger partial charge in [-0.25, -0.2) is 0 Å². The third kappa shape index (κ3) is 1.66. The zero-order valence-corrected chi connectivity index (χ0v) is 11.6. The second-order valence-corrected chi connectivity index (χ2v) is 5.66. The molecule has 0 fully saturated rings. The number of pyridine rings is 1. The average Bonchev–Trinajstić information content (AvgIpc) is 2.49. The van der Waals surface area contributed by atoms with Crippen molar-refractivity contribution in [3.63, 3.8) is 0 Å². The molecule has 2 aromatic carbocycles. The summed E-state index contributed by atoms with van der Waals surface area (Å²) in [6.07, 6.45) is 4.28. The summed E-state index contributed by atoms with van der Waals surface area (Å²) in [4.78, 5) is 4.54. The standard InChI is InChI=1S/C19H17N/c1-13-5-2-3-6-15(13)16-10-9-14-11-12-20-18-8-4-7-17(16)19(14)18/h2-8,11-12,16H,9-10H2,1H3. The van der Waals surface area contributed by atoms with Gasteiger partial charge in [-0.1, -0.05) is 36.4 Å². The van der Waals surface area contributed by atoms with E-state index in [2.05, 4.69) is 60.4 Å². The molecule has 1 heterocycles. The van der Waals surface area contributed by atoms with E-state index in [0.29, 0.717) is 5.92 Å². The van der Waals surface area contributed by atoms with E-state index in [1.54, 1.807) is 0 Å². The van der Waals surface area contributed by atoms with Crippen LogP contribution >= 0.6 is 0 Å². The molecule has 0 saturated heterocycles. The Balaban J connectivity index is 1.98. The summed E-state index contributed by atoms with van der Waals surface area (Å²) in [6.45, 7) is 2.22. The summed E-state index contributed by atoms with van der Waals surface area (Å²) in [7, 11) is 0. The molecule has 1 aromatic heterocycles. The number of hydrogen-bond donors (Lipinski definition) is 0. The van der Waals surface area contributed by atoms with Gasteiger partial charge in [0, 0.05) is 17.5 Å². The van der Waals surface area contributed by atoms with Crippen molar-refractivity contribution in [1.82, 2.24) is 4.98 Å². The van der Waals surface area contributed by atoms with Crippen LogP contribution in [0.5, 0.6) is 0 Å². The maximum absolute atomic E-state index is 4.54. The van der Waals surface area contributed by atoms with Crippen LogP contribution in [0.25, 0.3) is 10.9 Å². The van der Waals surface area contributed by atoms with Crippen molar-refractivity contribution < 1.29 is 0 Å². The largest absolute Gasteiger partial charge is 0.256 e. The molecule has 1 aliphatic carbocycles. The fourth-order valence-corrected chi connectivity index (χ4v) is 3.56. The van der Waals surface area contributed by atoms with Crippen LogP contribution in [0.3, 0.4) is 0 Å². The monoisotopic (exact) mass is 259 g/mol. The summed E-state index contributed by atoms with van der Waals surface area (Å²) < 4.78 is 0. The predicted molar refractivity (Wildman–Crippen MR) is 83.1 cm³/mol. The first-order valence-electron chi connectivity index (χ1n) is 7.26. The smallest absolute Gasteiger partial charge is 0.0707 e. The van der Waals surface area contributed by atoms with Gasteiger partial charge in [0.1, 0.15) is 0 Å². The minimum absolute atomic E-state index is 0.511. The number of rotatable bonds is 1. The maximum Gasteiger partial charge on any atom is 0.0707 e. The van der Waals surface area contributed by atoms with Crippen LogP contribution in [0.4, 0.5) is 0 Å². The van der Waals surface area contributed by atoms with Gasteiger partial charge in [0.15, 0.2) is 0 Å². The molecule has 1 heteroatoms. The van der Waals surface area contributed by atoms with E-state index < -0.39 is 0 Å². The lowest BCUT2D eigenvalue weighted by molar-refractivity contribution is 0.700. The molecule has 0 spiro atoms. The van der Waals surface area contributed by atoms with Gasteiger partial charge in [-0.3, -0.25) is 4.98 Å². The minimum Gasteiger partial charge on any atom is -0.256 e. The number of hydrogen-bond acceptors (Lipinski definition) is 1. The van der Waals surface area contributed by atoms with Crippen LogP contribution in [0, 0.1) is 6.92 Å². The molecule has 1 unspecified atom stereocenters. The summed E-state index contributed by atoms with van der Waals surface area (Å²) in [6, 6.07) is 17.5. The second kappa shape index (κ2) is 4.45. The molecular weight excluding hydrogens is 242 g/mol. The van der Waals surface area contributed by atoms with Gasteiger partial charge in [-0.2, -0.15) is 0 Å². The lowest BCUT2D eigenvalue weighted by Gasteiger charge is -2.27. The first-order chi connectivity index (χ1) is 9.84. The van der Waals surface area contributed by atoms with Crippen molar-refractivity contribution in [3.8, 4) is 0 Å². The van der Waals surface area contributed by atoms with Gasteiger partial charge in [0.2, 0.25) is 0 Å². The molecule has 0 aliphatic heterocycles. The molecule has 0 radical (unpaired) electrons. The molecule has 98 valence electrons. The summed E-state index contributed by atoms with van der Waals surface area (Å²) in [5, 5.41) is 1.38. The minimum atomic E-state index is 0.511. The molecule has 1 nitrogen and oxygen atoms in total. The highest BCUT2D eigenvalue weighted by atomic mass is 14.6. The highest BCUT2D eigenvalue weighted by molar-refractivity contribution is 5.87. The van der Waals surface area contributed by atoms with Crippen molar-refractivity contribution in [2.75, 3.05) is 0 Å². The number of aryl methyl sites for hydroxylation is 2. The van der Waals surface area contributed by atoms with Crippen molar-refractivity contribution in [1.29, 1.82) is 0 Å². The Bertz CT molecular complexity index is 783. The van der Waals surface area contributed by atoms with E-state index in [4.69, 9.17) is 0 Å². The average molecular weight is 259 g/mol. The number of benzene rings is 2. The third-order valence-corrected chi connectivity index (χ3v) is 4.53. The second-order valence-electron chi connectivity index (χ2n) is 5.66. The quantitative estimate of drug-likeness (QED) is 0.621. The molecular formula is C19H17N. The fraction of sp³-hybridized carbons (Fsp3) is 0.211. The predicted octanol–water partition coefficient (Wildman–Crippen LogP) is 4.62. The zero-order valence-electron chi connectivity index (χ0n) is 11.6. The van der Waals surface area contributed by atoms with Gasteiger partial charge >= 0.3 is 0 Å². The molecule has 20 heavy (non-hydrogen) atoms. The first kappa shape index (κ1) is 11.7. The Kier molecular flexibility index (Phi) is 2.59. The molecule has 0 bridgehead atoms. The van der Waals surface area contributed by atoms with Crippen molar-refractivity contribution >= 4 is 10.9 Å². The van der Waals surface area contributed by atoms with Crippen LogP contribution < -0.4 is 0 Å². The van der Waals surface area contributed by atoms with Crippen LogP contribution in [-0.2, 0) is 6.42 Å². The van der Waals surface area contributed by atoms with Crippen molar-refractivity contribution in [3.05, 3.63) is 77.0 Å². The highest BCUT2D eigenvalue weighted by Gasteiger charge is 2.24. The van der Waals surface area contributed by atoms with Crippen molar-refractivity contribution in [2.24, 2.45) is 0 Å². The van der Waals surface area contributed by atoms with Gasteiger partial charge in [-0.05, 0) is 54.2 Å². The summed E-state index contributed by atoms with van der Waals surface area (Å²) in [5.74, 6) is 0.511. The van der Waals surface area contributed by atoms with Crippen molar-refractivity contribution in [2.45, 2.75) is 25.7 Å². The Morgan fingerprint density at radius 3 is 2.70 bits per heavy atom. The van der Waals surface area contributed by atoms with Gasteiger partial charge < -0.3 is 0 Å². The Morgan fingerprint density at radius 1 is 0.950 bits per heavy atom. The van der Waals surface area contributed by atoms with E-state index in [-0.39, 0.29) is 0 Å². The molecule has 3 aromatic rings. The third-order valence-electron chi connectivity index (χ3n) is 4.53. The van der Waals surface area contributed by atoms with E-state index in [9.17, 15) is 0 Å². The van der Waals surface area contributed by atoms with E-state index in [1.165, 1.54) is 34.1 Å². The van der Waals surface area contributed by atoms with Gasteiger partial charge in [0.05, 0.1) is 5.52 Å². The van der Waals surface area contributed by atoms with Crippen LogP contribution in [-0.4, -0.2) is 4.98 Å². The zero-order chi connectivity index (χ0) is 13.5. The number of nitrogens with zero attached hydrogens (tertiary/aromatic N) is 1. The Morgan fingerprint density at radius 2 is 1.80 bits per heavy atom. The molecule has 0 saturated carbocycles. The normalized spacial score (nSPS) is 17.4. The van der Waals surface area contributed by atoms with Crippen LogP contribution in [0.2, 0.25) is 0 Å². The topological polar surface area (TPSA) is 12.9 Å². The SMILES string of the molecule is Cc1ccccc1C1CCc2ccnc3cccc1c23. The highest BCUT2D eigenvalue weighted by Crippen LogP contribution is 2.40. The molecule has 1 aliphatic rings. The van der Waals surface area contributed by atoms with Crippen LogP contribution in [0.1, 0.15) is 34.6 Å². The summed E-state index contributed by atoms with van der Waals surface area (Å²) >= 11 is 0. The van der Waals surface area contributed by atoms with E-state index >= 15 is 0 Å². The fourth-order valence-electron chi connectivity index (χ4n) is 3.56. The number of aromatic nitrogens is 1. The molecule has 0 amide bonds. The first-order valence-corrected chi connectivity index (χ1v) is 7.26. The molecule has 4 rings (SSSR count). The summed E-state index contributed by atoms with van der Waals surface area (Å²) in [5.41, 5.74) is 6.90. The van der Waals surface area contributed by atoms with E-state index in [0.717, 1.165) is 11.9 Å². The molecule has 1 atom stereocenters. The lowest BCUT2D eigenvalue weighted by atomic mass is 9.78. The lowest BCUT2D eigenvalue weighted by Crippen LogP contribution is -2.11. The van der Waals surface area contributed by atoms with Crippen LogP contribution in [0.15, 0.2) is 54.7 Å².